The predicted octanol–water partition coefficient (Wildman–Crippen LogP) is 3.73. The fourth-order valence-electron chi connectivity index (χ4n) is 2.35. The van der Waals surface area contributed by atoms with E-state index >= 15 is 0 Å². The average molecular weight is 275 g/mol. The first kappa shape index (κ1) is 14.7. The minimum absolute atomic E-state index is 0.205. The third-order valence-electron chi connectivity index (χ3n) is 3.44. The summed E-state index contributed by atoms with van der Waals surface area (Å²) in [6.07, 6.45) is 2.50. The number of aryl methyl sites for hydroxylation is 1. The summed E-state index contributed by atoms with van der Waals surface area (Å²) in [4.78, 5) is 0. The molecule has 106 valence electrons. The topological polar surface area (TPSA) is 12.0 Å². The molecule has 1 unspecified atom stereocenters. The number of rotatable bonds is 6. The van der Waals surface area contributed by atoms with Gasteiger partial charge in [0, 0.05) is 12.1 Å². The third kappa shape index (κ3) is 4.42. The Morgan fingerprint density at radius 1 is 0.950 bits per heavy atom. The van der Waals surface area contributed by atoms with E-state index in [4.69, 9.17) is 0 Å². The van der Waals surface area contributed by atoms with Gasteiger partial charge < -0.3 is 5.32 Å². The fourth-order valence-corrected chi connectivity index (χ4v) is 2.35. The Hall–Kier alpha value is -1.74. The van der Waals surface area contributed by atoms with Crippen molar-refractivity contribution in [1.29, 1.82) is 0 Å². The lowest BCUT2D eigenvalue weighted by molar-refractivity contribution is 0.514. The van der Waals surface area contributed by atoms with Crippen LogP contribution in [0.5, 0.6) is 0 Å². The molecule has 2 aromatic rings. The summed E-state index contributed by atoms with van der Waals surface area (Å²) in [7, 11) is 1.88. The van der Waals surface area contributed by atoms with E-state index in [0.29, 0.717) is 12.0 Å². The van der Waals surface area contributed by atoms with Crippen LogP contribution >= 0.6 is 0 Å². The zero-order valence-corrected chi connectivity index (χ0v) is 11.6. The summed E-state index contributed by atoms with van der Waals surface area (Å²) in [6.45, 7) is 0. The van der Waals surface area contributed by atoms with Gasteiger partial charge >= 0.3 is 0 Å². The van der Waals surface area contributed by atoms with Crippen molar-refractivity contribution in [3.63, 3.8) is 0 Å². The van der Waals surface area contributed by atoms with Crippen molar-refractivity contribution in [2.45, 2.75) is 25.3 Å². The van der Waals surface area contributed by atoms with Crippen LogP contribution in [0.3, 0.4) is 0 Å². The van der Waals surface area contributed by atoms with Crippen LogP contribution in [0.1, 0.15) is 17.5 Å². The van der Waals surface area contributed by atoms with Crippen molar-refractivity contribution in [2.75, 3.05) is 7.05 Å². The molecule has 20 heavy (non-hydrogen) atoms. The highest BCUT2D eigenvalue weighted by Crippen LogP contribution is 2.13. The molecule has 2 rings (SSSR count). The highest BCUT2D eigenvalue weighted by molar-refractivity contribution is 5.19. The summed E-state index contributed by atoms with van der Waals surface area (Å²) < 4.78 is 26.3. The van der Waals surface area contributed by atoms with Crippen LogP contribution in [0.25, 0.3) is 0 Å². The van der Waals surface area contributed by atoms with Gasteiger partial charge in [-0.1, -0.05) is 30.3 Å². The summed E-state index contributed by atoms with van der Waals surface area (Å²) in [5, 5.41) is 3.21. The molecule has 2 aromatic carbocycles. The van der Waals surface area contributed by atoms with E-state index in [1.165, 1.54) is 17.7 Å². The zero-order chi connectivity index (χ0) is 14.4. The van der Waals surface area contributed by atoms with Crippen LogP contribution in [0.4, 0.5) is 8.78 Å². The number of hydrogen-bond acceptors (Lipinski definition) is 1. The molecule has 0 aliphatic rings. The standard InChI is InChI=1S/C17H19F2N/c1-20-17(8-7-13-5-3-2-4-6-13)11-14-9-15(18)12-16(19)10-14/h2-6,9-10,12,17,20H,7-8,11H2,1H3. The second kappa shape index (κ2) is 7.15. The molecule has 0 fully saturated rings. The first-order valence-corrected chi connectivity index (χ1v) is 6.83. The Bertz CT molecular complexity index is 520. The largest absolute Gasteiger partial charge is 0.317 e. The Balaban J connectivity index is 1.95. The van der Waals surface area contributed by atoms with Gasteiger partial charge in [-0.05, 0) is 49.6 Å². The van der Waals surface area contributed by atoms with Gasteiger partial charge in [0.2, 0.25) is 0 Å². The smallest absolute Gasteiger partial charge is 0.126 e. The van der Waals surface area contributed by atoms with Crippen LogP contribution in [0.15, 0.2) is 48.5 Å². The van der Waals surface area contributed by atoms with Gasteiger partial charge in [0.1, 0.15) is 11.6 Å². The zero-order valence-electron chi connectivity index (χ0n) is 11.6. The number of hydrogen-bond donors (Lipinski definition) is 1. The van der Waals surface area contributed by atoms with E-state index in [2.05, 4.69) is 17.4 Å². The lowest BCUT2D eigenvalue weighted by Gasteiger charge is -2.16. The predicted molar refractivity (Wildman–Crippen MR) is 77.7 cm³/mol. The fraction of sp³-hybridized carbons (Fsp3) is 0.294. The Morgan fingerprint density at radius 2 is 1.60 bits per heavy atom. The van der Waals surface area contributed by atoms with E-state index in [0.717, 1.165) is 18.9 Å². The summed E-state index contributed by atoms with van der Waals surface area (Å²) in [5.41, 5.74) is 1.97. The molecule has 0 amide bonds. The summed E-state index contributed by atoms with van der Waals surface area (Å²) in [6, 6.07) is 14.1. The van der Waals surface area contributed by atoms with Crippen molar-refractivity contribution in [3.05, 3.63) is 71.3 Å². The van der Waals surface area contributed by atoms with Crippen LogP contribution in [-0.4, -0.2) is 13.1 Å². The Kier molecular flexibility index (Phi) is 5.24. The quantitative estimate of drug-likeness (QED) is 0.847. The van der Waals surface area contributed by atoms with E-state index in [1.807, 2.05) is 25.2 Å². The highest BCUT2D eigenvalue weighted by Gasteiger charge is 2.09. The molecule has 1 N–H and O–H groups in total. The van der Waals surface area contributed by atoms with Crippen LogP contribution in [0.2, 0.25) is 0 Å². The van der Waals surface area contributed by atoms with Gasteiger partial charge in [-0.25, -0.2) is 8.78 Å². The van der Waals surface area contributed by atoms with Gasteiger partial charge in [-0.2, -0.15) is 0 Å². The SMILES string of the molecule is CNC(CCc1ccccc1)Cc1cc(F)cc(F)c1. The van der Waals surface area contributed by atoms with Gasteiger partial charge in [-0.3, -0.25) is 0 Å². The molecule has 1 atom stereocenters. The van der Waals surface area contributed by atoms with E-state index < -0.39 is 11.6 Å². The van der Waals surface area contributed by atoms with Crippen molar-refractivity contribution in [1.82, 2.24) is 5.32 Å². The van der Waals surface area contributed by atoms with Gasteiger partial charge in [-0.15, -0.1) is 0 Å². The molecule has 0 aliphatic carbocycles. The highest BCUT2D eigenvalue weighted by atomic mass is 19.1. The molecule has 0 radical (unpaired) electrons. The lowest BCUT2D eigenvalue weighted by atomic mass is 9.99. The second-order valence-corrected chi connectivity index (χ2v) is 4.99. The normalized spacial score (nSPS) is 12.3. The minimum Gasteiger partial charge on any atom is -0.317 e. The molecule has 0 aliphatic heterocycles. The lowest BCUT2D eigenvalue weighted by Crippen LogP contribution is -2.28. The maximum Gasteiger partial charge on any atom is 0.126 e. The molecule has 3 heteroatoms. The van der Waals surface area contributed by atoms with E-state index in [-0.39, 0.29) is 6.04 Å². The van der Waals surface area contributed by atoms with Gasteiger partial charge in [0.15, 0.2) is 0 Å². The van der Waals surface area contributed by atoms with Gasteiger partial charge in [0.05, 0.1) is 0 Å². The minimum atomic E-state index is -0.516. The maximum absolute atomic E-state index is 13.2. The Labute approximate surface area is 118 Å². The molecule has 1 nitrogen and oxygen atoms in total. The van der Waals surface area contributed by atoms with E-state index in [1.54, 1.807) is 0 Å². The number of likely N-dealkylation sites (N-methyl/N-ethyl adjacent to an activating group) is 1. The number of benzene rings is 2. The molecular weight excluding hydrogens is 256 g/mol. The van der Waals surface area contributed by atoms with Crippen LogP contribution in [-0.2, 0) is 12.8 Å². The second-order valence-electron chi connectivity index (χ2n) is 4.99. The van der Waals surface area contributed by atoms with Crippen LogP contribution < -0.4 is 5.32 Å². The molecule has 0 aromatic heterocycles. The summed E-state index contributed by atoms with van der Waals surface area (Å²) in [5.74, 6) is -1.03. The first-order valence-electron chi connectivity index (χ1n) is 6.83. The Morgan fingerprint density at radius 3 is 2.20 bits per heavy atom. The molecule has 0 spiro atoms. The third-order valence-corrected chi connectivity index (χ3v) is 3.44. The van der Waals surface area contributed by atoms with Gasteiger partial charge in [0.25, 0.3) is 0 Å². The van der Waals surface area contributed by atoms with Crippen molar-refractivity contribution >= 4 is 0 Å². The molecule has 0 heterocycles. The van der Waals surface area contributed by atoms with Crippen molar-refractivity contribution in [2.24, 2.45) is 0 Å². The number of nitrogens with one attached hydrogen (secondary N) is 1. The molecular formula is C17H19F2N. The molecule has 0 bridgehead atoms. The monoisotopic (exact) mass is 275 g/mol. The maximum atomic E-state index is 13.2. The number of halogens is 2. The molecule has 0 saturated heterocycles. The van der Waals surface area contributed by atoms with Crippen molar-refractivity contribution < 1.29 is 8.78 Å². The van der Waals surface area contributed by atoms with Crippen molar-refractivity contribution in [3.8, 4) is 0 Å². The average Bonchev–Trinajstić information content (AvgIpc) is 2.43. The van der Waals surface area contributed by atoms with Crippen LogP contribution in [0, 0.1) is 11.6 Å². The van der Waals surface area contributed by atoms with E-state index in [9.17, 15) is 8.78 Å². The molecule has 0 saturated carbocycles. The first-order chi connectivity index (χ1) is 9.67. The summed E-state index contributed by atoms with van der Waals surface area (Å²) >= 11 is 0.